The van der Waals surface area contributed by atoms with Crippen molar-refractivity contribution >= 4 is 35.3 Å². The van der Waals surface area contributed by atoms with E-state index in [0.29, 0.717) is 5.69 Å². The minimum Gasteiger partial charge on any atom is -0.325 e. The van der Waals surface area contributed by atoms with Crippen LogP contribution in [-0.2, 0) is 9.59 Å². The Morgan fingerprint density at radius 2 is 1.77 bits per heavy atom. The van der Waals surface area contributed by atoms with Gasteiger partial charge in [0.25, 0.3) is 5.91 Å². The molecule has 7 heteroatoms. The smallest absolute Gasteiger partial charge is 0.325 e. The highest BCUT2D eigenvalue weighted by Crippen LogP contribution is 2.42. The van der Waals surface area contributed by atoms with Crippen LogP contribution in [0.25, 0.3) is 0 Å². The van der Waals surface area contributed by atoms with Gasteiger partial charge in [0.1, 0.15) is 12.1 Å². The van der Waals surface area contributed by atoms with Crippen LogP contribution in [0.5, 0.6) is 0 Å². The summed E-state index contributed by atoms with van der Waals surface area (Å²) in [6, 6.07) is 13.4. The molecule has 2 aromatic rings. The number of urea groups is 1. The van der Waals surface area contributed by atoms with Crippen molar-refractivity contribution in [1.82, 2.24) is 10.2 Å². The predicted molar refractivity (Wildman–Crippen MR) is 116 cm³/mol. The first-order chi connectivity index (χ1) is 14.3. The van der Waals surface area contributed by atoms with E-state index in [1.54, 1.807) is 18.7 Å². The molecular weight excluding hydrogens is 398 g/mol. The molecule has 1 saturated carbocycles. The Balaban J connectivity index is 1.35. The first kappa shape index (κ1) is 20.5. The van der Waals surface area contributed by atoms with Crippen molar-refractivity contribution in [3.05, 3.63) is 53.6 Å². The van der Waals surface area contributed by atoms with Gasteiger partial charge in [-0.1, -0.05) is 17.8 Å². The van der Waals surface area contributed by atoms with Crippen molar-refractivity contribution < 1.29 is 14.4 Å². The zero-order chi connectivity index (χ0) is 21.5. The molecule has 0 radical (unpaired) electrons. The van der Waals surface area contributed by atoms with Crippen molar-refractivity contribution in [2.24, 2.45) is 5.92 Å². The van der Waals surface area contributed by atoms with Gasteiger partial charge in [0.05, 0.1) is 0 Å². The van der Waals surface area contributed by atoms with Crippen LogP contribution in [0.4, 0.5) is 10.5 Å². The van der Waals surface area contributed by atoms with Crippen LogP contribution in [0.15, 0.2) is 52.3 Å². The Morgan fingerprint density at radius 1 is 1.10 bits per heavy atom. The van der Waals surface area contributed by atoms with Gasteiger partial charge in [0.2, 0.25) is 5.91 Å². The Kier molecular flexibility index (Phi) is 5.32. The van der Waals surface area contributed by atoms with Crippen LogP contribution in [0, 0.1) is 19.8 Å². The quantitative estimate of drug-likeness (QED) is 0.686. The number of nitrogens with zero attached hydrogens (tertiary/aromatic N) is 1. The summed E-state index contributed by atoms with van der Waals surface area (Å²) in [5, 5.41) is 5.52. The van der Waals surface area contributed by atoms with E-state index in [0.717, 1.165) is 27.5 Å². The molecule has 156 valence electrons. The molecule has 4 rings (SSSR count). The van der Waals surface area contributed by atoms with E-state index in [-0.39, 0.29) is 18.4 Å². The molecule has 4 amide bonds. The van der Waals surface area contributed by atoms with Crippen molar-refractivity contribution in [1.29, 1.82) is 0 Å². The fourth-order valence-electron chi connectivity index (χ4n) is 3.66. The monoisotopic (exact) mass is 423 g/mol. The number of anilines is 1. The topological polar surface area (TPSA) is 78.5 Å². The highest BCUT2D eigenvalue weighted by Gasteiger charge is 2.56. The van der Waals surface area contributed by atoms with Gasteiger partial charge < -0.3 is 10.6 Å². The van der Waals surface area contributed by atoms with Crippen molar-refractivity contribution in [2.45, 2.75) is 48.9 Å². The van der Waals surface area contributed by atoms with Crippen molar-refractivity contribution in [3.63, 3.8) is 0 Å². The summed E-state index contributed by atoms with van der Waals surface area (Å²) in [7, 11) is 0. The zero-order valence-corrected chi connectivity index (χ0v) is 18.1. The summed E-state index contributed by atoms with van der Waals surface area (Å²) in [5.74, 6) is -0.539. The Bertz CT molecular complexity index is 1020. The molecule has 2 aliphatic rings. The molecule has 0 aromatic heterocycles. The van der Waals surface area contributed by atoms with Crippen LogP contribution in [0.1, 0.15) is 30.9 Å². The van der Waals surface area contributed by atoms with Crippen LogP contribution in [-0.4, -0.2) is 34.8 Å². The van der Waals surface area contributed by atoms with Gasteiger partial charge in [0, 0.05) is 15.5 Å². The number of aryl methyl sites for hydroxylation is 2. The fourth-order valence-corrected chi connectivity index (χ4v) is 4.58. The summed E-state index contributed by atoms with van der Waals surface area (Å²) in [6.45, 7) is 5.64. The minimum absolute atomic E-state index is 0.171. The van der Waals surface area contributed by atoms with E-state index in [1.165, 1.54) is 11.1 Å². The fraction of sp³-hybridized carbons (Fsp3) is 0.348. The lowest BCUT2D eigenvalue weighted by Gasteiger charge is -2.20. The van der Waals surface area contributed by atoms with E-state index >= 15 is 0 Å². The average molecular weight is 424 g/mol. The van der Waals surface area contributed by atoms with Crippen LogP contribution in [0.2, 0.25) is 0 Å². The van der Waals surface area contributed by atoms with Crippen molar-refractivity contribution in [2.75, 3.05) is 11.9 Å². The normalized spacial score (nSPS) is 21.0. The number of benzene rings is 2. The molecule has 1 aliphatic carbocycles. The number of nitrogens with one attached hydrogen (secondary N) is 2. The first-order valence-corrected chi connectivity index (χ1v) is 10.9. The van der Waals surface area contributed by atoms with Gasteiger partial charge in [-0.15, -0.1) is 0 Å². The SMILES string of the molecule is Cc1ccc(Sc2ccc(NC(=O)CN3C(=O)NC(C)(C4CC4)C3=O)cc2)cc1C. The number of hydrogen-bond acceptors (Lipinski definition) is 4. The van der Waals surface area contributed by atoms with Gasteiger partial charge in [-0.3, -0.25) is 14.5 Å². The van der Waals surface area contributed by atoms with Crippen molar-refractivity contribution in [3.8, 4) is 0 Å². The highest BCUT2D eigenvalue weighted by atomic mass is 32.2. The number of carbonyl (C=O) groups excluding carboxylic acids is 3. The van der Waals surface area contributed by atoms with Crippen LogP contribution >= 0.6 is 11.8 Å². The summed E-state index contributed by atoms with van der Waals surface area (Å²) >= 11 is 1.65. The first-order valence-electron chi connectivity index (χ1n) is 10.1. The molecular formula is C23H25N3O3S. The second-order valence-electron chi connectivity index (χ2n) is 8.22. The summed E-state index contributed by atoms with van der Waals surface area (Å²) < 4.78 is 0. The average Bonchev–Trinajstić information content (AvgIpc) is 3.52. The Morgan fingerprint density at radius 3 is 2.40 bits per heavy atom. The molecule has 1 atom stereocenters. The summed E-state index contributed by atoms with van der Waals surface area (Å²) in [5.41, 5.74) is 2.27. The second kappa shape index (κ2) is 7.80. The number of imide groups is 1. The maximum Gasteiger partial charge on any atom is 0.325 e. The Labute approximate surface area is 180 Å². The molecule has 1 unspecified atom stereocenters. The predicted octanol–water partition coefficient (Wildman–Crippen LogP) is 4.11. The lowest BCUT2D eigenvalue weighted by molar-refractivity contribution is -0.134. The molecule has 1 aliphatic heterocycles. The maximum absolute atomic E-state index is 12.6. The molecule has 2 aromatic carbocycles. The van der Waals surface area contributed by atoms with Gasteiger partial charge in [-0.2, -0.15) is 0 Å². The lowest BCUT2D eigenvalue weighted by Crippen LogP contribution is -2.46. The van der Waals surface area contributed by atoms with Crippen LogP contribution in [0.3, 0.4) is 0 Å². The van der Waals surface area contributed by atoms with E-state index in [4.69, 9.17) is 0 Å². The third kappa shape index (κ3) is 4.07. The van der Waals surface area contributed by atoms with Gasteiger partial charge in [-0.05, 0) is 87.1 Å². The third-order valence-corrected chi connectivity index (χ3v) is 6.85. The van der Waals surface area contributed by atoms with Crippen LogP contribution < -0.4 is 10.6 Å². The van der Waals surface area contributed by atoms with Gasteiger partial charge in [0.15, 0.2) is 0 Å². The lowest BCUT2D eigenvalue weighted by atomic mass is 9.96. The second-order valence-corrected chi connectivity index (χ2v) is 9.37. The van der Waals surface area contributed by atoms with Gasteiger partial charge >= 0.3 is 6.03 Å². The highest BCUT2D eigenvalue weighted by molar-refractivity contribution is 7.99. The molecule has 1 heterocycles. The number of hydrogen-bond donors (Lipinski definition) is 2. The standard InChI is InChI=1S/C23H25N3O3S/c1-14-4-9-19(12-15(14)2)30-18-10-7-17(8-11-18)24-20(27)13-26-21(28)23(3,16-5-6-16)25-22(26)29/h4,7-12,16H,5-6,13H2,1-3H3,(H,24,27)(H,25,29). The van der Waals surface area contributed by atoms with E-state index in [9.17, 15) is 14.4 Å². The third-order valence-electron chi connectivity index (χ3n) is 5.85. The minimum atomic E-state index is -0.870. The molecule has 2 fully saturated rings. The number of amides is 4. The zero-order valence-electron chi connectivity index (χ0n) is 17.3. The molecule has 0 bridgehead atoms. The molecule has 1 saturated heterocycles. The number of carbonyl (C=O) groups is 3. The number of rotatable bonds is 6. The van der Waals surface area contributed by atoms with Gasteiger partial charge in [-0.25, -0.2) is 4.79 Å². The summed E-state index contributed by atoms with van der Waals surface area (Å²) in [4.78, 5) is 40.5. The molecule has 0 spiro atoms. The maximum atomic E-state index is 12.6. The largest absolute Gasteiger partial charge is 0.325 e. The van der Waals surface area contributed by atoms with E-state index in [2.05, 4.69) is 42.7 Å². The Hall–Kier alpha value is -2.80. The molecule has 2 N–H and O–H groups in total. The van der Waals surface area contributed by atoms with E-state index in [1.807, 2.05) is 24.3 Å². The van der Waals surface area contributed by atoms with E-state index < -0.39 is 17.5 Å². The summed E-state index contributed by atoms with van der Waals surface area (Å²) in [6.07, 6.45) is 1.85. The molecule has 30 heavy (non-hydrogen) atoms. The molecule has 6 nitrogen and oxygen atoms in total.